The molecule has 0 aliphatic heterocycles. The normalized spacial score (nSPS) is 15.5. The second-order valence-electron chi connectivity index (χ2n) is 11.9. The number of alkyl halides is 3. The standard InChI is InChI=1S/C30H31F5N6O2.CH2O2/c1-5-43-19-13-16(26(42)39-21-14-17(6-11-37-21)30(33,34)35)12-18(31)22(19)23-24-25(36)38-15-20(32)41(24)27(40-23)29(4)9-7-28(2,3)8-10-29;2-1-3/h6,11-15H,5,7-10H2,1-4H3,(H2,36,38)(H,37,39,42);1H,(H,2,3). The summed E-state index contributed by atoms with van der Waals surface area (Å²) >= 11 is 0. The Bertz CT molecular complexity index is 1760. The van der Waals surface area contributed by atoms with Gasteiger partial charge in [-0.1, -0.05) is 20.8 Å². The number of nitrogens with zero attached hydrogens (tertiary/aromatic N) is 4. The maximum atomic E-state index is 16.0. The van der Waals surface area contributed by atoms with E-state index in [1.807, 2.05) is 6.92 Å². The summed E-state index contributed by atoms with van der Waals surface area (Å²) in [5, 5.41) is 9.15. The highest BCUT2D eigenvalue weighted by atomic mass is 19.4. The Morgan fingerprint density at radius 1 is 1.13 bits per heavy atom. The van der Waals surface area contributed by atoms with Crippen LogP contribution in [0.25, 0.3) is 16.8 Å². The zero-order chi connectivity index (χ0) is 34.0. The van der Waals surface area contributed by atoms with Gasteiger partial charge in [0.25, 0.3) is 12.4 Å². The van der Waals surface area contributed by atoms with Crippen molar-refractivity contribution in [3.05, 3.63) is 65.4 Å². The summed E-state index contributed by atoms with van der Waals surface area (Å²) in [6, 6.07) is 3.57. The van der Waals surface area contributed by atoms with Gasteiger partial charge >= 0.3 is 6.18 Å². The molecule has 0 unspecified atom stereocenters. The summed E-state index contributed by atoms with van der Waals surface area (Å²) in [4.78, 5) is 33.8. The molecule has 1 amide bonds. The number of hydrogen-bond donors (Lipinski definition) is 3. The lowest BCUT2D eigenvalue weighted by atomic mass is 9.65. The number of nitrogens with two attached hydrogens (primary N) is 1. The molecule has 1 aliphatic rings. The predicted octanol–water partition coefficient (Wildman–Crippen LogP) is 6.88. The number of hydrogen-bond acceptors (Lipinski definition) is 7. The minimum Gasteiger partial charge on any atom is -0.493 e. The number of anilines is 2. The molecule has 1 aromatic carbocycles. The molecular weight excluding hydrogens is 615 g/mol. The number of carbonyl (C=O) groups excluding carboxylic acids is 1. The predicted molar refractivity (Wildman–Crippen MR) is 159 cm³/mol. The molecule has 3 aromatic heterocycles. The Hall–Kier alpha value is -4.82. The number of rotatable bonds is 6. The van der Waals surface area contributed by atoms with Crippen LogP contribution in [0.1, 0.15) is 75.1 Å². The third-order valence-corrected chi connectivity index (χ3v) is 8.07. The van der Waals surface area contributed by atoms with E-state index in [-0.39, 0.29) is 58.2 Å². The molecule has 0 bridgehead atoms. The van der Waals surface area contributed by atoms with Crippen LogP contribution in [0.4, 0.5) is 33.6 Å². The third kappa shape index (κ3) is 6.87. The lowest BCUT2D eigenvalue weighted by molar-refractivity contribution is -0.137. The number of nitrogen functional groups attached to an aromatic ring is 1. The SMILES string of the molecule is CCOc1cc(C(=O)Nc2cc(C(F)(F)F)ccn2)cc(F)c1-c1nc(C2(C)CCC(C)(C)CC2)n2c(F)cnc(N)c12.O=CO. The Kier molecular flexibility index (Phi) is 9.54. The fourth-order valence-electron chi connectivity index (χ4n) is 5.46. The third-order valence-electron chi connectivity index (χ3n) is 8.07. The monoisotopic (exact) mass is 648 g/mol. The molecule has 1 fully saturated rings. The Balaban J connectivity index is 0.00000154. The van der Waals surface area contributed by atoms with Gasteiger partial charge < -0.3 is 20.9 Å². The topological polar surface area (TPSA) is 145 Å². The molecule has 15 heteroatoms. The molecule has 0 atom stereocenters. The molecule has 10 nitrogen and oxygen atoms in total. The number of imidazole rings is 1. The largest absolute Gasteiger partial charge is 0.493 e. The number of halogens is 5. The number of pyridine rings is 1. The molecule has 1 saturated carbocycles. The highest BCUT2D eigenvalue weighted by molar-refractivity contribution is 6.05. The maximum Gasteiger partial charge on any atom is 0.416 e. The summed E-state index contributed by atoms with van der Waals surface area (Å²) in [6.45, 7) is 7.81. The average Bonchev–Trinajstić information content (AvgIpc) is 3.39. The molecule has 5 rings (SSSR count). The molecule has 246 valence electrons. The zero-order valence-corrected chi connectivity index (χ0v) is 25.5. The molecular formula is C31H33F5N6O4. The molecule has 0 saturated heterocycles. The zero-order valence-electron chi connectivity index (χ0n) is 25.5. The van der Waals surface area contributed by atoms with Crippen molar-refractivity contribution < 1.29 is 41.4 Å². The first-order valence-electron chi connectivity index (χ1n) is 14.3. The van der Waals surface area contributed by atoms with Crippen molar-refractivity contribution in [1.82, 2.24) is 19.4 Å². The van der Waals surface area contributed by atoms with Crippen LogP contribution in [0.3, 0.4) is 0 Å². The highest BCUT2D eigenvalue weighted by Crippen LogP contribution is 2.48. The number of aromatic nitrogens is 4. The van der Waals surface area contributed by atoms with Gasteiger partial charge in [-0.2, -0.15) is 17.6 Å². The van der Waals surface area contributed by atoms with Crippen LogP contribution in [-0.4, -0.2) is 43.4 Å². The van der Waals surface area contributed by atoms with Crippen molar-refractivity contribution in [1.29, 1.82) is 0 Å². The van der Waals surface area contributed by atoms with Crippen LogP contribution in [0.15, 0.2) is 36.7 Å². The Morgan fingerprint density at radius 2 is 1.78 bits per heavy atom. The molecule has 0 radical (unpaired) electrons. The minimum absolute atomic E-state index is 0.00184. The molecule has 3 heterocycles. The second kappa shape index (κ2) is 12.9. The van der Waals surface area contributed by atoms with Crippen molar-refractivity contribution in [2.75, 3.05) is 17.7 Å². The Labute approximate surface area is 260 Å². The smallest absolute Gasteiger partial charge is 0.416 e. The number of benzene rings is 1. The molecule has 46 heavy (non-hydrogen) atoms. The van der Waals surface area contributed by atoms with Crippen LogP contribution in [0.5, 0.6) is 5.75 Å². The van der Waals surface area contributed by atoms with Gasteiger partial charge in [-0.15, -0.1) is 0 Å². The lowest BCUT2D eigenvalue weighted by Gasteiger charge is -2.40. The van der Waals surface area contributed by atoms with E-state index in [0.29, 0.717) is 24.7 Å². The van der Waals surface area contributed by atoms with Crippen LogP contribution < -0.4 is 15.8 Å². The van der Waals surface area contributed by atoms with Crippen LogP contribution in [0.2, 0.25) is 0 Å². The first kappa shape index (κ1) is 34.1. The molecule has 1 aliphatic carbocycles. The van der Waals surface area contributed by atoms with E-state index >= 15 is 8.78 Å². The van der Waals surface area contributed by atoms with Gasteiger partial charge in [0.2, 0.25) is 5.95 Å². The van der Waals surface area contributed by atoms with E-state index in [9.17, 15) is 18.0 Å². The van der Waals surface area contributed by atoms with Crippen LogP contribution in [-0.2, 0) is 16.4 Å². The molecule has 4 N–H and O–H groups in total. The van der Waals surface area contributed by atoms with Crippen molar-refractivity contribution in [2.24, 2.45) is 5.41 Å². The summed E-state index contributed by atoms with van der Waals surface area (Å²) in [5.74, 6) is -2.73. The van der Waals surface area contributed by atoms with Gasteiger partial charge in [-0.3, -0.25) is 14.0 Å². The molecule has 4 aromatic rings. The lowest BCUT2D eigenvalue weighted by Crippen LogP contribution is -2.34. The van der Waals surface area contributed by atoms with Gasteiger partial charge in [0.05, 0.1) is 23.9 Å². The van der Waals surface area contributed by atoms with E-state index in [2.05, 4.69) is 29.1 Å². The van der Waals surface area contributed by atoms with Crippen LogP contribution in [0, 0.1) is 17.2 Å². The minimum atomic E-state index is -4.65. The van der Waals surface area contributed by atoms with Crippen LogP contribution >= 0.6 is 0 Å². The van der Waals surface area contributed by atoms with Gasteiger partial charge in [0.15, 0.2) is 0 Å². The van der Waals surface area contributed by atoms with E-state index in [0.717, 1.165) is 37.4 Å². The van der Waals surface area contributed by atoms with Gasteiger partial charge in [-0.25, -0.2) is 19.3 Å². The second-order valence-corrected chi connectivity index (χ2v) is 11.9. The Morgan fingerprint density at radius 3 is 2.39 bits per heavy atom. The summed E-state index contributed by atoms with van der Waals surface area (Å²) in [5.41, 5.74) is 4.44. The number of ether oxygens (including phenoxy) is 1. The number of nitrogens with one attached hydrogen (secondary N) is 1. The fourth-order valence-corrected chi connectivity index (χ4v) is 5.46. The maximum absolute atomic E-state index is 16.0. The van der Waals surface area contributed by atoms with E-state index in [1.165, 1.54) is 10.5 Å². The number of fused-ring (bicyclic) bond motifs is 1. The summed E-state index contributed by atoms with van der Waals surface area (Å²) in [6.07, 6.45) is 0.417. The fraction of sp³-hybridized carbons (Fsp3) is 0.387. The van der Waals surface area contributed by atoms with Crippen molar-refractivity contribution in [3.63, 3.8) is 0 Å². The number of carboxylic acid groups (broad SMARTS) is 1. The van der Waals surface area contributed by atoms with Gasteiger partial charge in [0.1, 0.15) is 40.2 Å². The highest BCUT2D eigenvalue weighted by Gasteiger charge is 2.41. The first-order chi connectivity index (χ1) is 21.5. The summed E-state index contributed by atoms with van der Waals surface area (Å²) < 4.78 is 77.8. The van der Waals surface area contributed by atoms with Crippen molar-refractivity contribution in [3.8, 4) is 17.0 Å². The van der Waals surface area contributed by atoms with Crippen molar-refractivity contribution in [2.45, 2.75) is 65.0 Å². The molecule has 0 spiro atoms. The van der Waals surface area contributed by atoms with Gasteiger partial charge in [-0.05, 0) is 62.3 Å². The average molecular weight is 649 g/mol. The van der Waals surface area contributed by atoms with Crippen molar-refractivity contribution >= 4 is 29.5 Å². The summed E-state index contributed by atoms with van der Waals surface area (Å²) in [7, 11) is 0. The van der Waals surface area contributed by atoms with Gasteiger partial charge in [0, 0.05) is 17.2 Å². The van der Waals surface area contributed by atoms with E-state index < -0.39 is 34.8 Å². The van der Waals surface area contributed by atoms with E-state index in [1.54, 1.807) is 6.92 Å². The quantitative estimate of drug-likeness (QED) is 0.152. The number of carbonyl (C=O) groups is 2. The first-order valence-corrected chi connectivity index (χ1v) is 14.3. The van der Waals surface area contributed by atoms with E-state index in [4.69, 9.17) is 25.4 Å². The number of amides is 1.